The summed E-state index contributed by atoms with van der Waals surface area (Å²) in [6.07, 6.45) is -1.45. The van der Waals surface area contributed by atoms with E-state index in [0.717, 1.165) is 44.3 Å². The smallest absolute Gasteiger partial charge is 0.137 e. The molecule has 2 atom stereocenters. The first-order valence-electron chi connectivity index (χ1n) is 11.8. The zero-order valence-corrected chi connectivity index (χ0v) is 20.9. The zero-order chi connectivity index (χ0) is 24.9. The van der Waals surface area contributed by atoms with E-state index in [1.54, 1.807) is 48.5 Å². The molecule has 1 aliphatic heterocycles. The largest absolute Gasteiger partial charge is 1.00 e. The average Bonchev–Trinajstić information content (AvgIpc) is 2.90. The zero-order valence-electron chi connectivity index (χ0n) is 20.2. The fraction of sp³-hybridized carbons (Fsp3) is 0.462. The fourth-order valence-corrected chi connectivity index (χ4v) is 3.85. The van der Waals surface area contributed by atoms with Gasteiger partial charge < -0.3 is 41.7 Å². The van der Waals surface area contributed by atoms with Crippen LogP contribution in [-0.2, 0) is 4.74 Å². The van der Waals surface area contributed by atoms with Crippen LogP contribution in [0.2, 0.25) is 0 Å². The highest BCUT2D eigenvalue weighted by molar-refractivity contribution is 5.35. The molecular weight excluding hydrogens is 484 g/mol. The summed E-state index contributed by atoms with van der Waals surface area (Å²) in [6.45, 7) is 5.84. The number of morpholine rings is 1. The van der Waals surface area contributed by atoms with Crippen LogP contribution in [0.3, 0.4) is 0 Å². The Morgan fingerprint density at radius 1 is 0.833 bits per heavy atom. The van der Waals surface area contributed by atoms with Gasteiger partial charge in [-0.05, 0) is 48.5 Å². The third-order valence-corrected chi connectivity index (χ3v) is 5.79. The summed E-state index contributed by atoms with van der Waals surface area (Å²) in [5.74, 6) is 1.18. The van der Waals surface area contributed by atoms with E-state index in [9.17, 15) is 10.2 Å². The van der Waals surface area contributed by atoms with Crippen molar-refractivity contribution in [1.82, 2.24) is 4.90 Å². The Morgan fingerprint density at radius 2 is 1.28 bits per heavy atom. The van der Waals surface area contributed by atoms with Gasteiger partial charge >= 0.3 is 0 Å². The van der Waals surface area contributed by atoms with Gasteiger partial charge in [0, 0.05) is 19.6 Å². The third-order valence-electron chi connectivity index (χ3n) is 5.79. The van der Waals surface area contributed by atoms with Gasteiger partial charge in [-0.2, -0.15) is 10.5 Å². The molecule has 1 heterocycles. The molecule has 2 aromatic carbocycles. The van der Waals surface area contributed by atoms with Crippen LogP contribution in [0.1, 0.15) is 11.1 Å². The van der Waals surface area contributed by atoms with E-state index < -0.39 is 12.2 Å². The predicted molar refractivity (Wildman–Crippen MR) is 128 cm³/mol. The number of quaternary nitrogens is 1. The molecule has 36 heavy (non-hydrogen) atoms. The average molecular weight is 517 g/mol. The lowest BCUT2D eigenvalue weighted by Crippen LogP contribution is -3.15. The number of ether oxygens (including phenoxy) is 3. The Balaban J connectivity index is 0.00000456. The minimum absolute atomic E-state index is 0. The van der Waals surface area contributed by atoms with Gasteiger partial charge in [0.1, 0.15) is 50.0 Å². The van der Waals surface area contributed by atoms with Gasteiger partial charge in [0.2, 0.25) is 0 Å². The van der Waals surface area contributed by atoms with Crippen molar-refractivity contribution in [1.29, 1.82) is 10.5 Å². The Kier molecular flexibility index (Phi) is 13.0. The van der Waals surface area contributed by atoms with Gasteiger partial charge in [-0.3, -0.25) is 4.90 Å². The molecule has 194 valence electrons. The number of aliphatic hydroxyl groups excluding tert-OH is 2. The second kappa shape index (κ2) is 16.0. The standard InChI is InChI=1S/C26H32N4O5.ClH/c27-15-21-1-5-25(6-2-21)34-19-23(31)17-30(10-9-29-11-13-33-14-12-29)18-24(32)20-35-26-7-3-22(16-28)4-8-26;/h1-8,23-24,31-32H,9-14,17-20H2;1H. The van der Waals surface area contributed by atoms with E-state index in [1.807, 2.05) is 0 Å². The number of aliphatic hydroxyl groups is 2. The van der Waals surface area contributed by atoms with E-state index in [0.29, 0.717) is 35.7 Å². The van der Waals surface area contributed by atoms with E-state index in [1.165, 1.54) is 0 Å². The first kappa shape index (κ1) is 29.3. The van der Waals surface area contributed by atoms with Gasteiger partial charge in [-0.15, -0.1) is 0 Å². The van der Waals surface area contributed by atoms with Gasteiger partial charge in [0.15, 0.2) is 0 Å². The molecule has 9 nitrogen and oxygen atoms in total. The molecule has 1 fully saturated rings. The quantitative estimate of drug-likeness (QED) is 0.255. The lowest BCUT2D eigenvalue weighted by Gasteiger charge is -2.30. The van der Waals surface area contributed by atoms with Crippen molar-refractivity contribution in [2.24, 2.45) is 0 Å². The normalized spacial score (nSPS) is 16.0. The monoisotopic (exact) mass is 516 g/mol. The van der Waals surface area contributed by atoms with Crippen molar-refractivity contribution in [2.75, 3.05) is 65.7 Å². The third kappa shape index (κ3) is 10.4. The molecule has 10 heteroatoms. The maximum absolute atomic E-state index is 10.6. The van der Waals surface area contributed by atoms with Crippen LogP contribution < -0.4 is 26.8 Å². The first-order chi connectivity index (χ1) is 17.1. The maximum Gasteiger partial charge on any atom is 0.137 e. The Morgan fingerprint density at radius 3 is 1.69 bits per heavy atom. The molecule has 3 N–H and O–H groups in total. The van der Waals surface area contributed by atoms with Crippen molar-refractivity contribution in [2.45, 2.75) is 12.2 Å². The van der Waals surface area contributed by atoms with Gasteiger partial charge in [-0.1, -0.05) is 0 Å². The number of rotatable bonds is 13. The molecule has 0 amide bonds. The Bertz CT molecular complexity index is 902. The van der Waals surface area contributed by atoms with Crippen LogP contribution in [0.5, 0.6) is 11.5 Å². The van der Waals surface area contributed by atoms with Crippen LogP contribution in [0, 0.1) is 22.7 Å². The van der Waals surface area contributed by atoms with E-state index >= 15 is 0 Å². The molecule has 0 aliphatic carbocycles. The number of nitrogens with zero attached hydrogens (tertiary/aromatic N) is 3. The maximum atomic E-state index is 10.6. The van der Waals surface area contributed by atoms with E-state index in [-0.39, 0.29) is 25.6 Å². The second-order valence-electron chi connectivity index (χ2n) is 8.56. The highest BCUT2D eigenvalue weighted by Crippen LogP contribution is 2.12. The van der Waals surface area contributed by atoms with Crippen molar-refractivity contribution < 1.29 is 41.7 Å². The molecule has 2 unspecified atom stereocenters. The number of hydrogen-bond acceptors (Lipinski definition) is 8. The molecule has 0 saturated carbocycles. The van der Waals surface area contributed by atoms with E-state index in [2.05, 4.69) is 17.0 Å². The Hall–Kier alpha value is -2.89. The summed E-state index contributed by atoms with van der Waals surface area (Å²) < 4.78 is 16.8. The summed E-state index contributed by atoms with van der Waals surface area (Å²) in [5, 5.41) is 39.0. The SMILES string of the molecule is N#Cc1ccc(OCC(O)C[NH+](CCN2CCOCC2)CC(O)COc2ccc(C#N)cc2)cc1.[Cl-]. The molecule has 2 aromatic rings. The van der Waals surface area contributed by atoms with E-state index in [4.69, 9.17) is 24.7 Å². The molecule has 0 bridgehead atoms. The number of nitrogens with one attached hydrogen (secondary N) is 1. The Labute approximate surface area is 218 Å². The molecule has 1 aliphatic rings. The molecule has 3 rings (SSSR count). The highest BCUT2D eigenvalue weighted by Gasteiger charge is 2.22. The van der Waals surface area contributed by atoms with Crippen molar-refractivity contribution in [3.05, 3.63) is 59.7 Å². The van der Waals surface area contributed by atoms with Gasteiger partial charge in [-0.25, -0.2) is 0 Å². The van der Waals surface area contributed by atoms with Crippen molar-refractivity contribution in [3.8, 4) is 23.6 Å². The van der Waals surface area contributed by atoms with Crippen LogP contribution in [0.4, 0.5) is 0 Å². The van der Waals surface area contributed by atoms with Gasteiger partial charge in [0.25, 0.3) is 0 Å². The molecular formula is C26H33ClN4O5. The summed E-state index contributed by atoms with van der Waals surface area (Å²) in [6, 6.07) is 17.6. The van der Waals surface area contributed by atoms with Crippen LogP contribution in [0.15, 0.2) is 48.5 Å². The summed E-state index contributed by atoms with van der Waals surface area (Å²) in [5.41, 5.74) is 1.10. The number of halogens is 1. The van der Waals surface area contributed by atoms with Crippen molar-refractivity contribution in [3.63, 3.8) is 0 Å². The van der Waals surface area contributed by atoms with Crippen LogP contribution >= 0.6 is 0 Å². The topological polar surface area (TPSA) is 123 Å². The van der Waals surface area contributed by atoms with Gasteiger partial charge in [0.05, 0.1) is 43.0 Å². The lowest BCUT2D eigenvalue weighted by atomic mass is 10.2. The summed E-state index contributed by atoms with van der Waals surface area (Å²) in [4.78, 5) is 3.37. The highest BCUT2D eigenvalue weighted by atomic mass is 35.5. The number of benzene rings is 2. The molecule has 0 aromatic heterocycles. The van der Waals surface area contributed by atoms with Crippen LogP contribution in [0.25, 0.3) is 0 Å². The molecule has 0 radical (unpaired) electrons. The van der Waals surface area contributed by atoms with Crippen molar-refractivity contribution >= 4 is 0 Å². The minimum Gasteiger partial charge on any atom is -1.00 e. The minimum atomic E-state index is -0.725. The first-order valence-corrected chi connectivity index (χ1v) is 11.8. The second-order valence-corrected chi connectivity index (χ2v) is 8.56. The fourth-order valence-electron chi connectivity index (χ4n) is 3.85. The number of nitriles is 2. The lowest BCUT2D eigenvalue weighted by molar-refractivity contribution is -0.905. The summed E-state index contributed by atoms with van der Waals surface area (Å²) >= 11 is 0. The number of hydrogen-bond donors (Lipinski definition) is 3. The summed E-state index contributed by atoms with van der Waals surface area (Å²) in [7, 11) is 0. The molecule has 0 spiro atoms. The van der Waals surface area contributed by atoms with Crippen LogP contribution in [-0.4, -0.2) is 93.0 Å². The predicted octanol–water partition coefficient (Wildman–Crippen LogP) is -3.17. The molecule has 1 saturated heterocycles.